The molecule has 0 aliphatic rings. The lowest BCUT2D eigenvalue weighted by Crippen LogP contribution is -2.11. The van der Waals surface area contributed by atoms with Crippen LogP contribution in [0.5, 0.6) is 0 Å². The molecule has 1 aromatic heterocycles. The highest BCUT2D eigenvalue weighted by Crippen LogP contribution is 2.25. The minimum atomic E-state index is -0.489. The zero-order valence-electron chi connectivity index (χ0n) is 11.3. The van der Waals surface area contributed by atoms with Gasteiger partial charge in [0.15, 0.2) is 5.82 Å². The van der Waals surface area contributed by atoms with E-state index in [2.05, 4.69) is 29.2 Å². The lowest BCUT2D eigenvalue weighted by molar-refractivity contribution is 0.151. The quantitative estimate of drug-likeness (QED) is 0.851. The average Bonchev–Trinajstić information content (AvgIpc) is 2.85. The van der Waals surface area contributed by atoms with Gasteiger partial charge in [-0.3, -0.25) is 0 Å². The van der Waals surface area contributed by atoms with Crippen molar-refractivity contribution in [1.29, 1.82) is 0 Å². The number of aliphatic hydroxyl groups is 1. The number of aliphatic hydroxyl groups excluding tert-OH is 1. The molecule has 0 saturated carbocycles. The Kier molecular flexibility index (Phi) is 4.61. The summed E-state index contributed by atoms with van der Waals surface area (Å²) in [7, 11) is 0. The van der Waals surface area contributed by atoms with Gasteiger partial charge in [-0.05, 0) is 25.5 Å². The Morgan fingerprint density at radius 2 is 2.05 bits per heavy atom. The number of aromatic nitrogens is 2. The molecule has 0 bridgehead atoms. The molecule has 0 spiro atoms. The summed E-state index contributed by atoms with van der Waals surface area (Å²) in [6.45, 7) is 5.67. The van der Waals surface area contributed by atoms with Gasteiger partial charge in [-0.2, -0.15) is 4.98 Å². The van der Waals surface area contributed by atoms with Crippen molar-refractivity contribution in [2.45, 2.75) is 43.4 Å². The first-order valence-corrected chi connectivity index (χ1v) is 7.25. The molecule has 0 fully saturated rings. The number of aryl methyl sites for hydroxylation is 1. The molecule has 1 heterocycles. The van der Waals surface area contributed by atoms with E-state index < -0.39 is 6.10 Å². The minimum Gasteiger partial charge on any atom is -0.393 e. The van der Waals surface area contributed by atoms with Crippen molar-refractivity contribution in [3.05, 3.63) is 41.5 Å². The molecule has 2 aromatic rings. The van der Waals surface area contributed by atoms with Gasteiger partial charge in [-0.15, -0.1) is 11.8 Å². The molecule has 0 saturated heterocycles. The molecule has 2 unspecified atom stereocenters. The van der Waals surface area contributed by atoms with Crippen molar-refractivity contribution in [3.8, 4) is 0 Å². The smallest absolute Gasteiger partial charge is 0.232 e. The van der Waals surface area contributed by atoms with Gasteiger partial charge in [0.2, 0.25) is 5.89 Å². The summed E-state index contributed by atoms with van der Waals surface area (Å²) >= 11 is 1.69. The molecule has 102 valence electrons. The van der Waals surface area contributed by atoms with Crippen LogP contribution in [0.2, 0.25) is 0 Å². The zero-order chi connectivity index (χ0) is 13.8. The molecule has 4 nitrogen and oxygen atoms in total. The maximum atomic E-state index is 9.49. The van der Waals surface area contributed by atoms with Crippen LogP contribution in [0, 0.1) is 6.92 Å². The van der Waals surface area contributed by atoms with E-state index in [0.29, 0.717) is 17.5 Å². The van der Waals surface area contributed by atoms with Crippen LogP contribution >= 0.6 is 11.8 Å². The summed E-state index contributed by atoms with van der Waals surface area (Å²) in [5.74, 6) is 1.69. The van der Waals surface area contributed by atoms with Crippen LogP contribution in [0.3, 0.4) is 0 Å². The van der Waals surface area contributed by atoms with E-state index in [-0.39, 0.29) is 5.92 Å². The van der Waals surface area contributed by atoms with Gasteiger partial charge in [0.05, 0.1) is 17.8 Å². The highest BCUT2D eigenvalue weighted by Gasteiger charge is 2.18. The molecule has 2 atom stereocenters. The highest BCUT2D eigenvalue weighted by molar-refractivity contribution is 7.98. The van der Waals surface area contributed by atoms with Crippen LogP contribution < -0.4 is 0 Å². The SMILES string of the molecule is Cc1ccccc1SCc1noc(C(C)C(C)O)n1. The Balaban J connectivity index is 1.99. The molecule has 5 heteroatoms. The Labute approximate surface area is 117 Å². The van der Waals surface area contributed by atoms with Crippen LogP contribution in [-0.2, 0) is 5.75 Å². The third-order valence-corrected chi connectivity index (χ3v) is 4.22. The van der Waals surface area contributed by atoms with Crippen LogP contribution in [0.4, 0.5) is 0 Å². The third-order valence-electron chi connectivity index (χ3n) is 3.05. The number of hydrogen-bond acceptors (Lipinski definition) is 5. The maximum Gasteiger partial charge on any atom is 0.232 e. The van der Waals surface area contributed by atoms with E-state index in [1.54, 1.807) is 18.7 Å². The minimum absolute atomic E-state index is 0.135. The fourth-order valence-electron chi connectivity index (χ4n) is 1.58. The molecule has 0 aliphatic carbocycles. The van der Waals surface area contributed by atoms with E-state index in [4.69, 9.17) is 4.52 Å². The van der Waals surface area contributed by atoms with Gasteiger partial charge in [-0.1, -0.05) is 30.3 Å². The predicted octanol–water partition coefficient (Wildman–Crippen LogP) is 3.15. The first kappa shape index (κ1) is 14.1. The van der Waals surface area contributed by atoms with Crippen molar-refractivity contribution in [3.63, 3.8) is 0 Å². The number of nitrogens with zero attached hydrogens (tertiary/aromatic N) is 2. The molecular formula is C14H18N2O2S. The Hall–Kier alpha value is -1.33. The number of benzene rings is 1. The fourth-order valence-corrected chi connectivity index (χ4v) is 2.45. The molecule has 1 aromatic carbocycles. The summed E-state index contributed by atoms with van der Waals surface area (Å²) in [6.07, 6.45) is -0.489. The van der Waals surface area contributed by atoms with Gasteiger partial charge < -0.3 is 9.63 Å². The molecule has 2 rings (SSSR count). The second-order valence-corrected chi connectivity index (χ2v) is 5.65. The average molecular weight is 278 g/mol. The number of rotatable bonds is 5. The van der Waals surface area contributed by atoms with Gasteiger partial charge in [-0.25, -0.2) is 0 Å². The highest BCUT2D eigenvalue weighted by atomic mass is 32.2. The van der Waals surface area contributed by atoms with E-state index in [9.17, 15) is 5.11 Å². The molecule has 0 radical (unpaired) electrons. The summed E-state index contributed by atoms with van der Waals surface area (Å²) in [5, 5.41) is 13.4. The predicted molar refractivity (Wildman–Crippen MR) is 75.1 cm³/mol. The molecule has 0 aliphatic heterocycles. The van der Waals surface area contributed by atoms with E-state index in [1.165, 1.54) is 10.5 Å². The van der Waals surface area contributed by atoms with Crippen molar-refractivity contribution < 1.29 is 9.63 Å². The first-order valence-electron chi connectivity index (χ1n) is 6.27. The van der Waals surface area contributed by atoms with Gasteiger partial charge in [0.25, 0.3) is 0 Å². The van der Waals surface area contributed by atoms with Crippen LogP contribution in [0.15, 0.2) is 33.7 Å². The van der Waals surface area contributed by atoms with E-state index >= 15 is 0 Å². The van der Waals surface area contributed by atoms with Crippen molar-refractivity contribution in [2.75, 3.05) is 0 Å². The summed E-state index contributed by atoms with van der Waals surface area (Å²) in [5.41, 5.74) is 1.24. The monoisotopic (exact) mass is 278 g/mol. The van der Waals surface area contributed by atoms with Crippen LogP contribution in [-0.4, -0.2) is 21.4 Å². The van der Waals surface area contributed by atoms with Crippen LogP contribution in [0.1, 0.15) is 37.0 Å². The Bertz CT molecular complexity index is 540. The van der Waals surface area contributed by atoms with Crippen molar-refractivity contribution in [2.24, 2.45) is 0 Å². The van der Waals surface area contributed by atoms with Gasteiger partial charge >= 0.3 is 0 Å². The molecule has 0 amide bonds. The van der Waals surface area contributed by atoms with E-state index in [0.717, 1.165) is 0 Å². The largest absolute Gasteiger partial charge is 0.393 e. The topological polar surface area (TPSA) is 59.2 Å². The summed E-state index contributed by atoms with van der Waals surface area (Å²) in [4.78, 5) is 5.54. The maximum absolute atomic E-state index is 9.49. The van der Waals surface area contributed by atoms with E-state index in [1.807, 2.05) is 19.1 Å². The Morgan fingerprint density at radius 3 is 2.74 bits per heavy atom. The summed E-state index contributed by atoms with van der Waals surface area (Å²) < 4.78 is 5.17. The van der Waals surface area contributed by atoms with Crippen molar-refractivity contribution in [1.82, 2.24) is 10.1 Å². The second kappa shape index (κ2) is 6.21. The standard InChI is InChI=1S/C14H18N2O2S/c1-9-6-4-5-7-12(9)19-8-13-15-14(18-16-13)10(2)11(3)17/h4-7,10-11,17H,8H2,1-3H3. The van der Waals surface area contributed by atoms with Gasteiger partial charge in [0.1, 0.15) is 0 Å². The first-order chi connectivity index (χ1) is 9.08. The number of hydrogen-bond donors (Lipinski definition) is 1. The van der Waals surface area contributed by atoms with Crippen LogP contribution in [0.25, 0.3) is 0 Å². The second-order valence-electron chi connectivity index (χ2n) is 4.63. The van der Waals surface area contributed by atoms with Gasteiger partial charge in [0, 0.05) is 4.90 Å². The number of thioether (sulfide) groups is 1. The lowest BCUT2D eigenvalue weighted by atomic mass is 10.1. The summed E-state index contributed by atoms with van der Waals surface area (Å²) in [6, 6.07) is 8.21. The zero-order valence-corrected chi connectivity index (χ0v) is 12.1. The van der Waals surface area contributed by atoms with Crippen molar-refractivity contribution >= 4 is 11.8 Å². The third kappa shape index (κ3) is 3.58. The fraction of sp³-hybridized carbons (Fsp3) is 0.429. The Morgan fingerprint density at radius 1 is 1.32 bits per heavy atom. The lowest BCUT2D eigenvalue weighted by Gasteiger charge is -2.08. The normalized spacial score (nSPS) is 14.3. The molecule has 19 heavy (non-hydrogen) atoms. The molecular weight excluding hydrogens is 260 g/mol. The molecule has 1 N–H and O–H groups in total.